The van der Waals surface area contributed by atoms with E-state index in [1.54, 1.807) is 11.8 Å². The van der Waals surface area contributed by atoms with Crippen LogP contribution < -0.4 is 5.32 Å². The lowest BCUT2D eigenvalue weighted by Crippen LogP contribution is -2.00. The lowest BCUT2D eigenvalue weighted by molar-refractivity contribution is 1.13. The van der Waals surface area contributed by atoms with Gasteiger partial charge in [-0.1, -0.05) is 30.3 Å². The molecule has 0 atom stereocenters. The van der Waals surface area contributed by atoms with Gasteiger partial charge in [-0.2, -0.15) is 5.26 Å². The molecule has 0 bridgehead atoms. The van der Waals surface area contributed by atoms with Crippen LogP contribution in [0.2, 0.25) is 0 Å². The van der Waals surface area contributed by atoms with Gasteiger partial charge in [-0.25, -0.2) is 0 Å². The second-order valence-electron chi connectivity index (χ2n) is 3.87. The molecule has 0 amide bonds. The molecule has 3 heteroatoms. The van der Waals surface area contributed by atoms with Crippen molar-refractivity contribution in [2.75, 3.05) is 11.6 Å². The third-order valence-corrected chi connectivity index (χ3v) is 3.45. The van der Waals surface area contributed by atoms with Gasteiger partial charge >= 0.3 is 0 Å². The van der Waals surface area contributed by atoms with Crippen LogP contribution >= 0.6 is 11.8 Å². The maximum absolute atomic E-state index is 8.93. The topological polar surface area (TPSA) is 35.8 Å². The van der Waals surface area contributed by atoms with E-state index in [4.69, 9.17) is 5.26 Å². The normalized spacial score (nSPS) is 9.78. The summed E-state index contributed by atoms with van der Waals surface area (Å²) < 4.78 is 0. The van der Waals surface area contributed by atoms with Crippen molar-refractivity contribution in [2.45, 2.75) is 11.4 Å². The third-order valence-electron chi connectivity index (χ3n) is 2.65. The fourth-order valence-electron chi connectivity index (χ4n) is 1.71. The summed E-state index contributed by atoms with van der Waals surface area (Å²) >= 11 is 1.68. The van der Waals surface area contributed by atoms with E-state index in [1.807, 2.05) is 42.7 Å². The average Bonchev–Trinajstić information content (AvgIpc) is 2.45. The first-order valence-corrected chi connectivity index (χ1v) is 6.92. The van der Waals surface area contributed by atoms with Crippen LogP contribution in [-0.4, -0.2) is 6.26 Å². The number of benzene rings is 2. The number of anilines is 1. The molecular weight excluding hydrogens is 240 g/mol. The minimum atomic E-state index is 0.684. The molecule has 0 unspecified atom stereocenters. The van der Waals surface area contributed by atoms with Crippen LogP contribution in [0.5, 0.6) is 0 Å². The maximum atomic E-state index is 8.93. The molecule has 18 heavy (non-hydrogen) atoms. The average molecular weight is 254 g/mol. The highest BCUT2D eigenvalue weighted by Crippen LogP contribution is 2.26. The monoisotopic (exact) mass is 254 g/mol. The Kier molecular flexibility index (Phi) is 4.27. The van der Waals surface area contributed by atoms with E-state index in [0.717, 1.165) is 17.1 Å². The number of hydrogen-bond acceptors (Lipinski definition) is 3. The molecule has 0 spiro atoms. The quantitative estimate of drug-likeness (QED) is 0.841. The molecular formula is C15H14N2S. The van der Waals surface area contributed by atoms with E-state index < -0.39 is 0 Å². The summed E-state index contributed by atoms with van der Waals surface area (Å²) in [5.74, 6) is 0. The lowest BCUT2D eigenvalue weighted by Gasteiger charge is -2.11. The number of hydrogen-bond donors (Lipinski definition) is 1. The molecule has 2 rings (SSSR count). The van der Waals surface area contributed by atoms with Crippen molar-refractivity contribution < 1.29 is 0 Å². The van der Waals surface area contributed by atoms with Crippen LogP contribution in [0.15, 0.2) is 53.4 Å². The van der Waals surface area contributed by atoms with Crippen LogP contribution in [0, 0.1) is 11.3 Å². The second kappa shape index (κ2) is 6.13. The van der Waals surface area contributed by atoms with Crippen molar-refractivity contribution in [3.8, 4) is 6.07 Å². The summed E-state index contributed by atoms with van der Waals surface area (Å²) in [4.78, 5) is 1.16. The zero-order valence-electron chi connectivity index (χ0n) is 10.2. The Bertz CT molecular complexity index is 558. The number of nitrogens with zero attached hydrogens (tertiary/aromatic N) is 1. The molecule has 0 fully saturated rings. The van der Waals surface area contributed by atoms with Gasteiger partial charge in [-0.15, -0.1) is 11.8 Å². The third kappa shape index (κ3) is 3.06. The minimum Gasteiger partial charge on any atom is -0.380 e. The Labute approximate surface area is 112 Å². The standard InChI is InChI=1S/C15H14N2S/c1-18-15-8-7-13(10-16)9-14(15)17-11-12-5-3-2-4-6-12/h2-9,17H,11H2,1H3. The van der Waals surface area contributed by atoms with Crippen molar-refractivity contribution >= 4 is 17.4 Å². The van der Waals surface area contributed by atoms with E-state index >= 15 is 0 Å². The molecule has 2 nitrogen and oxygen atoms in total. The van der Waals surface area contributed by atoms with Gasteiger partial charge in [0, 0.05) is 17.1 Å². The van der Waals surface area contributed by atoms with Gasteiger partial charge < -0.3 is 5.32 Å². The fraction of sp³-hybridized carbons (Fsp3) is 0.133. The van der Waals surface area contributed by atoms with E-state index in [0.29, 0.717) is 5.56 Å². The Morgan fingerprint density at radius 3 is 2.61 bits per heavy atom. The highest BCUT2D eigenvalue weighted by atomic mass is 32.2. The molecule has 1 N–H and O–H groups in total. The Morgan fingerprint density at radius 2 is 1.94 bits per heavy atom. The van der Waals surface area contributed by atoms with Crippen LogP contribution in [0.4, 0.5) is 5.69 Å². The van der Waals surface area contributed by atoms with Gasteiger partial charge in [0.25, 0.3) is 0 Å². The number of nitrogens with one attached hydrogen (secondary N) is 1. The van der Waals surface area contributed by atoms with Crippen LogP contribution in [0.1, 0.15) is 11.1 Å². The highest BCUT2D eigenvalue weighted by Gasteiger charge is 2.02. The van der Waals surface area contributed by atoms with Crippen molar-refractivity contribution in [3.05, 3.63) is 59.7 Å². The van der Waals surface area contributed by atoms with Gasteiger partial charge in [-0.05, 0) is 30.0 Å². The molecule has 2 aromatic carbocycles. The van der Waals surface area contributed by atoms with E-state index in [2.05, 4.69) is 23.5 Å². The Morgan fingerprint density at radius 1 is 1.17 bits per heavy atom. The van der Waals surface area contributed by atoms with Gasteiger partial charge in [0.1, 0.15) is 0 Å². The predicted molar refractivity (Wildman–Crippen MR) is 76.7 cm³/mol. The molecule has 0 saturated carbocycles. The molecule has 0 aromatic heterocycles. The Hall–Kier alpha value is -1.92. The number of nitriles is 1. The molecule has 0 aliphatic rings. The fourth-order valence-corrected chi connectivity index (χ4v) is 2.26. The summed E-state index contributed by atoms with van der Waals surface area (Å²) in [6.07, 6.45) is 2.04. The summed E-state index contributed by atoms with van der Waals surface area (Å²) in [5.41, 5.74) is 2.93. The molecule has 0 aliphatic carbocycles. The van der Waals surface area contributed by atoms with Crippen molar-refractivity contribution in [2.24, 2.45) is 0 Å². The van der Waals surface area contributed by atoms with Gasteiger partial charge in [0.2, 0.25) is 0 Å². The van der Waals surface area contributed by atoms with Crippen LogP contribution in [-0.2, 0) is 6.54 Å². The zero-order valence-corrected chi connectivity index (χ0v) is 11.0. The molecule has 0 heterocycles. The molecule has 2 aromatic rings. The van der Waals surface area contributed by atoms with Gasteiger partial charge in [0.15, 0.2) is 0 Å². The molecule has 90 valence electrons. The smallest absolute Gasteiger partial charge is 0.0992 e. The second-order valence-corrected chi connectivity index (χ2v) is 4.71. The minimum absolute atomic E-state index is 0.684. The SMILES string of the molecule is CSc1ccc(C#N)cc1NCc1ccccc1. The number of rotatable bonds is 4. The molecule has 0 radical (unpaired) electrons. The van der Waals surface area contributed by atoms with Gasteiger partial charge in [-0.3, -0.25) is 0 Å². The first-order chi connectivity index (χ1) is 8.83. The predicted octanol–water partition coefficient (Wildman–Crippen LogP) is 3.89. The molecule has 0 saturated heterocycles. The van der Waals surface area contributed by atoms with Crippen molar-refractivity contribution in [1.82, 2.24) is 0 Å². The summed E-state index contributed by atoms with van der Waals surface area (Å²) in [7, 11) is 0. The first kappa shape index (κ1) is 12.5. The lowest BCUT2D eigenvalue weighted by atomic mass is 10.2. The maximum Gasteiger partial charge on any atom is 0.0992 e. The largest absolute Gasteiger partial charge is 0.380 e. The molecule has 0 aliphatic heterocycles. The van der Waals surface area contributed by atoms with Crippen LogP contribution in [0.3, 0.4) is 0 Å². The van der Waals surface area contributed by atoms with E-state index in [-0.39, 0.29) is 0 Å². The summed E-state index contributed by atoms with van der Waals surface area (Å²) in [6.45, 7) is 0.767. The first-order valence-electron chi connectivity index (χ1n) is 5.69. The Balaban J connectivity index is 2.15. The number of thioether (sulfide) groups is 1. The van der Waals surface area contributed by atoms with Crippen molar-refractivity contribution in [3.63, 3.8) is 0 Å². The summed E-state index contributed by atoms with van der Waals surface area (Å²) in [6, 6.07) is 18.1. The van der Waals surface area contributed by atoms with E-state index in [1.165, 1.54) is 5.56 Å². The van der Waals surface area contributed by atoms with E-state index in [9.17, 15) is 0 Å². The van der Waals surface area contributed by atoms with Gasteiger partial charge in [0.05, 0.1) is 11.6 Å². The van der Waals surface area contributed by atoms with Crippen molar-refractivity contribution in [1.29, 1.82) is 5.26 Å². The summed E-state index contributed by atoms with van der Waals surface area (Å²) in [5, 5.41) is 12.3. The van der Waals surface area contributed by atoms with Crippen LogP contribution in [0.25, 0.3) is 0 Å². The highest BCUT2D eigenvalue weighted by molar-refractivity contribution is 7.98. The zero-order chi connectivity index (χ0) is 12.8.